The van der Waals surface area contributed by atoms with E-state index in [1.165, 1.54) is 26.2 Å². The van der Waals surface area contributed by atoms with Crippen molar-refractivity contribution in [1.82, 2.24) is 0 Å². The summed E-state index contributed by atoms with van der Waals surface area (Å²) in [6, 6.07) is 26.2. The predicted molar refractivity (Wildman–Crippen MR) is 146 cm³/mol. The standard InChI is InChI=1S/C32H26O7/c1-21(33)22-3-15-28(16-4-22)39-29-17-5-23(6-18-29)30(34)19-20-38-27-13-9-25(10-14-27)32(36)31(35)24-7-11-26(37-2)12-8-24/h3-18H,19-20H2,1-2H3. The fourth-order valence-electron chi connectivity index (χ4n) is 3.72. The first kappa shape index (κ1) is 27.0. The van der Waals surface area contributed by atoms with Crippen LogP contribution in [0.15, 0.2) is 97.1 Å². The van der Waals surface area contributed by atoms with E-state index in [1.54, 1.807) is 84.9 Å². The maximum atomic E-state index is 12.6. The summed E-state index contributed by atoms with van der Waals surface area (Å²) in [6.07, 6.45) is 0.156. The molecule has 0 aliphatic carbocycles. The summed E-state index contributed by atoms with van der Waals surface area (Å²) in [4.78, 5) is 49.0. The van der Waals surface area contributed by atoms with Gasteiger partial charge in [0, 0.05) is 28.7 Å². The summed E-state index contributed by atoms with van der Waals surface area (Å²) < 4.78 is 16.5. The van der Waals surface area contributed by atoms with Gasteiger partial charge >= 0.3 is 0 Å². The molecular formula is C32H26O7. The number of ketones is 4. The Balaban J connectivity index is 1.25. The molecule has 196 valence electrons. The van der Waals surface area contributed by atoms with Crippen LogP contribution in [-0.2, 0) is 0 Å². The second-order valence-electron chi connectivity index (χ2n) is 8.64. The highest BCUT2D eigenvalue weighted by Crippen LogP contribution is 2.23. The number of hydrogen-bond acceptors (Lipinski definition) is 7. The van der Waals surface area contributed by atoms with Gasteiger partial charge in [0.25, 0.3) is 0 Å². The van der Waals surface area contributed by atoms with E-state index >= 15 is 0 Å². The average Bonchev–Trinajstić information content (AvgIpc) is 2.97. The molecule has 0 spiro atoms. The largest absolute Gasteiger partial charge is 0.497 e. The summed E-state index contributed by atoms with van der Waals surface area (Å²) in [5.41, 5.74) is 1.66. The van der Waals surface area contributed by atoms with Gasteiger partial charge in [-0.15, -0.1) is 0 Å². The van der Waals surface area contributed by atoms with Crippen LogP contribution in [0.25, 0.3) is 0 Å². The zero-order valence-electron chi connectivity index (χ0n) is 21.5. The molecule has 4 aromatic rings. The van der Waals surface area contributed by atoms with Crippen LogP contribution in [0.5, 0.6) is 23.0 Å². The number of carbonyl (C=O) groups is 4. The third-order valence-electron chi connectivity index (χ3n) is 5.95. The Labute approximate surface area is 226 Å². The van der Waals surface area contributed by atoms with E-state index in [0.717, 1.165) is 0 Å². The molecule has 7 heteroatoms. The van der Waals surface area contributed by atoms with Crippen LogP contribution in [0.4, 0.5) is 0 Å². The first-order valence-corrected chi connectivity index (χ1v) is 12.2. The van der Waals surface area contributed by atoms with E-state index in [4.69, 9.17) is 14.2 Å². The van der Waals surface area contributed by atoms with Crippen LogP contribution < -0.4 is 14.2 Å². The topological polar surface area (TPSA) is 96.0 Å². The Hall–Kier alpha value is -5.04. The fourth-order valence-corrected chi connectivity index (χ4v) is 3.72. The normalized spacial score (nSPS) is 10.4. The van der Waals surface area contributed by atoms with E-state index in [0.29, 0.717) is 34.1 Å². The number of ether oxygens (including phenoxy) is 3. The van der Waals surface area contributed by atoms with Gasteiger partial charge < -0.3 is 14.2 Å². The zero-order valence-corrected chi connectivity index (χ0v) is 21.5. The quantitative estimate of drug-likeness (QED) is 0.157. The molecule has 0 saturated carbocycles. The summed E-state index contributed by atoms with van der Waals surface area (Å²) in [5, 5.41) is 0. The molecule has 4 rings (SSSR count). The van der Waals surface area contributed by atoms with E-state index in [9.17, 15) is 19.2 Å². The van der Waals surface area contributed by atoms with Crippen molar-refractivity contribution in [2.24, 2.45) is 0 Å². The van der Waals surface area contributed by atoms with Crippen molar-refractivity contribution in [3.63, 3.8) is 0 Å². The summed E-state index contributed by atoms with van der Waals surface area (Å²) in [5.74, 6) is 0.891. The highest BCUT2D eigenvalue weighted by atomic mass is 16.5. The number of carbonyl (C=O) groups excluding carboxylic acids is 4. The second-order valence-corrected chi connectivity index (χ2v) is 8.64. The van der Waals surface area contributed by atoms with Crippen molar-refractivity contribution < 1.29 is 33.4 Å². The van der Waals surface area contributed by atoms with Crippen molar-refractivity contribution in [3.8, 4) is 23.0 Å². The van der Waals surface area contributed by atoms with Crippen molar-refractivity contribution in [2.45, 2.75) is 13.3 Å². The lowest BCUT2D eigenvalue weighted by molar-refractivity contribution is 0.0817. The number of methoxy groups -OCH3 is 1. The third kappa shape index (κ3) is 7.05. The minimum Gasteiger partial charge on any atom is -0.497 e. The Kier molecular flexibility index (Phi) is 8.64. The number of benzene rings is 4. The van der Waals surface area contributed by atoms with Gasteiger partial charge in [-0.3, -0.25) is 19.2 Å². The number of rotatable bonds is 12. The molecule has 0 saturated heterocycles. The van der Waals surface area contributed by atoms with Crippen molar-refractivity contribution in [3.05, 3.63) is 119 Å². The molecule has 7 nitrogen and oxygen atoms in total. The molecule has 0 heterocycles. The van der Waals surface area contributed by atoms with Gasteiger partial charge in [0.1, 0.15) is 23.0 Å². The molecule has 0 radical (unpaired) electrons. The van der Waals surface area contributed by atoms with Crippen LogP contribution >= 0.6 is 0 Å². The molecular weight excluding hydrogens is 496 g/mol. The first-order valence-electron chi connectivity index (χ1n) is 12.2. The van der Waals surface area contributed by atoms with Crippen LogP contribution in [0.3, 0.4) is 0 Å². The summed E-state index contributed by atoms with van der Waals surface area (Å²) in [6.45, 7) is 1.65. The molecule has 0 atom stereocenters. The monoisotopic (exact) mass is 522 g/mol. The number of Topliss-reactive ketones (excluding diaryl/α,β-unsaturated/α-hetero) is 4. The molecule has 0 amide bonds. The molecule has 0 N–H and O–H groups in total. The van der Waals surface area contributed by atoms with Crippen LogP contribution in [0.2, 0.25) is 0 Å². The van der Waals surface area contributed by atoms with Gasteiger partial charge in [0.15, 0.2) is 11.6 Å². The van der Waals surface area contributed by atoms with Crippen LogP contribution in [0.1, 0.15) is 54.8 Å². The maximum absolute atomic E-state index is 12.6. The van der Waals surface area contributed by atoms with Crippen LogP contribution in [-0.4, -0.2) is 36.8 Å². The van der Waals surface area contributed by atoms with Crippen molar-refractivity contribution in [1.29, 1.82) is 0 Å². The van der Waals surface area contributed by atoms with Crippen molar-refractivity contribution >= 4 is 23.1 Å². The van der Waals surface area contributed by atoms with Gasteiger partial charge in [0.2, 0.25) is 11.6 Å². The molecule has 0 aliphatic heterocycles. The third-order valence-corrected chi connectivity index (χ3v) is 5.95. The smallest absolute Gasteiger partial charge is 0.233 e. The molecule has 0 fully saturated rings. The van der Waals surface area contributed by atoms with Gasteiger partial charge in [0.05, 0.1) is 13.7 Å². The van der Waals surface area contributed by atoms with Gasteiger partial charge in [-0.1, -0.05) is 0 Å². The van der Waals surface area contributed by atoms with E-state index < -0.39 is 11.6 Å². The lowest BCUT2D eigenvalue weighted by Crippen LogP contribution is -2.14. The minimum atomic E-state index is -0.623. The van der Waals surface area contributed by atoms with Gasteiger partial charge in [-0.2, -0.15) is 0 Å². The lowest BCUT2D eigenvalue weighted by atomic mass is 10.0. The van der Waals surface area contributed by atoms with Crippen LogP contribution in [0, 0.1) is 0 Å². The molecule has 0 aromatic heterocycles. The van der Waals surface area contributed by atoms with E-state index in [-0.39, 0.29) is 35.7 Å². The SMILES string of the molecule is COc1ccc(C(=O)C(=O)c2ccc(OCCC(=O)c3ccc(Oc4ccc(C(C)=O)cc4)cc3)cc2)cc1. The van der Waals surface area contributed by atoms with Gasteiger partial charge in [-0.25, -0.2) is 0 Å². The molecule has 0 unspecified atom stereocenters. The predicted octanol–water partition coefficient (Wildman–Crippen LogP) is 6.41. The molecule has 39 heavy (non-hydrogen) atoms. The van der Waals surface area contributed by atoms with Crippen molar-refractivity contribution in [2.75, 3.05) is 13.7 Å². The summed E-state index contributed by atoms with van der Waals surface area (Å²) >= 11 is 0. The first-order chi connectivity index (χ1) is 18.8. The summed E-state index contributed by atoms with van der Waals surface area (Å²) in [7, 11) is 1.52. The molecule has 0 bridgehead atoms. The molecule has 4 aromatic carbocycles. The van der Waals surface area contributed by atoms with E-state index in [2.05, 4.69) is 0 Å². The number of hydrogen-bond donors (Lipinski definition) is 0. The Bertz CT molecular complexity index is 1470. The Morgan fingerprint density at radius 1 is 0.538 bits per heavy atom. The van der Waals surface area contributed by atoms with Gasteiger partial charge in [-0.05, 0) is 104 Å². The highest BCUT2D eigenvalue weighted by molar-refractivity contribution is 6.49. The zero-order chi connectivity index (χ0) is 27.8. The molecule has 0 aliphatic rings. The Morgan fingerprint density at radius 3 is 1.41 bits per heavy atom. The minimum absolute atomic E-state index is 0.0160. The second kappa shape index (κ2) is 12.5. The maximum Gasteiger partial charge on any atom is 0.233 e. The Morgan fingerprint density at radius 2 is 0.949 bits per heavy atom. The van der Waals surface area contributed by atoms with E-state index in [1.807, 2.05) is 0 Å². The average molecular weight is 523 g/mol. The lowest BCUT2D eigenvalue weighted by Gasteiger charge is -2.08. The fraction of sp³-hybridized carbons (Fsp3) is 0.125. The highest BCUT2D eigenvalue weighted by Gasteiger charge is 2.18.